The molecule has 27 heavy (non-hydrogen) atoms. The molecule has 7 heteroatoms. The van der Waals surface area contributed by atoms with Gasteiger partial charge in [0.2, 0.25) is 0 Å². The van der Waals surface area contributed by atoms with Crippen molar-refractivity contribution in [1.29, 1.82) is 0 Å². The Morgan fingerprint density at radius 2 is 2.22 bits per heavy atom. The number of nitrogens with one attached hydrogen (secondary N) is 2. The van der Waals surface area contributed by atoms with Crippen LogP contribution >= 0.6 is 15.9 Å². The van der Waals surface area contributed by atoms with Gasteiger partial charge in [-0.15, -0.1) is 0 Å². The monoisotopic (exact) mass is 430 g/mol. The molecule has 4 rings (SSSR count). The maximum atomic E-state index is 4.47. The number of hydrogen-bond acceptors (Lipinski definition) is 3. The summed E-state index contributed by atoms with van der Waals surface area (Å²) in [6.07, 6.45) is 8.67. The Labute approximate surface area is 169 Å². The van der Waals surface area contributed by atoms with Gasteiger partial charge in [0.1, 0.15) is 12.2 Å². The Kier molecular flexibility index (Phi) is 5.48. The second-order valence-corrected chi connectivity index (χ2v) is 8.58. The van der Waals surface area contributed by atoms with Crippen LogP contribution in [0.2, 0.25) is 0 Å². The SMILES string of the molecule is CN=C(NCC1(c2cccc(Br)c2)CCCC1)NC1CCc2ncnn2C1. The fourth-order valence-electron chi connectivity index (χ4n) is 4.43. The maximum absolute atomic E-state index is 4.47. The van der Waals surface area contributed by atoms with E-state index in [0.29, 0.717) is 6.04 Å². The van der Waals surface area contributed by atoms with E-state index in [2.05, 4.69) is 65.9 Å². The smallest absolute Gasteiger partial charge is 0.191 e. The Balaban J connectivity index is 1.41. The third-order valence-electron chi connectivity index (χ3n) is 5.96. The number of aliphatic imine (C=N–C) groups is 1. The maximum Gasteiger partial charge on any atom is 0.191 e. The normalized spacial score (nSPS) is 21.7. The van der Waals surface area contributed by atoms with Crippen molar-refractivity contribution in [1.82, 2.24) is 25.4 Å². The highest BCUT2D eigenvalue weighted by atomic mass is 79.9. The summed E-state index contributed by atoms with van der Waals surface area (Å²) in [6, 6.07) is 9.11. The van der Waals surface area contributed by atoms with Crippen molar-refractivity contribution in [3.63, 3.8) is 0 Å². The highest BCUT2D eigenvalue weighted by molar-refractivity contribution is 9.10. The number of guanidine groups is 1. The van der Waals surface area contributed by atoms with Crippen molar-refractivity contribution in [2.45, 2.75) is 56.5 Å². The van der Waals surface area contributed by atoms with E-state index < -0.39 is 0 Å². The van der Waals surface area contributed by atoms with E-state index in [1.807, 2.05) is 11.7 Å². The zero-order valence-electron chi connectivity index (χ0n) is 15.8. The van der Waals surface area contributed by atoms with Gasteiger partial charge in [-0.25, -0.2) is 9.67 Å². The van der Waals surface area contributed by atoms with E-state index in [1.54, 1.807) is 6.33 Å². The molecule has 2 aliphatic rings. The first-order valence-electron chi connectivity index (χ1n) is 9.78. The Bertz CT molecular complexity index is 808. The van der Waals surface area contributed by atoms with Crippen molar-refractivity contribution >= 4 is 21.9 Å². The lowest BCUT2D eigenvalue weighted by molar-refractivity contribution is 0.387. The van der Waals surface area contributed by atoms with Gasteiger partial charge in [0, 0.05) is 35.9 Å². The molecule has 2 N–H and O–H groups in total. The van der Waals surface area contributed by atoms with Crippen molar-refractivity contribution in [3.8, 4) is 0 Å². The molecular weight excluding hydrogens is 404 g/mol. The fourth-order valence-corrected chi connectivity index (χ4v) is 4.83. The van der Waals surface area contributed by atoms with E-state index in [1.165, 1.54) is 31.2 Å². The summed E-state index contributed by atoms with van der Waals surface area (Å²) < 4.78 is 3.15. The van der Waals surface area contributed by atoms with Crippen molar-refractivity contribution in [2.24, 2.45) is 4.99 Å². The van der Waals surface area contributed by atoms with Crippen molar-refractivity contribution < 1.29 is 0 Å². The molecule has 1 aliphatic carbocycles. The van der Waals surface area contributed by atoms with Crippen LogP contribution in [0.15, 0.2) is 40.1 Å². The van der Waals surface area contributed by atoms with Crippen LogP contribution in [0.1, 0.15) is 43.5 Å². The van der Waals surface area contributed by atoms with Gasteiger partial charge >= 0.3 is 0 Å². The average molecular weight is 431 g/mol. The van der Waals surface area contributed by atoms with Crippen LogP contribution < -0.4 is 10.6 Å². The van der Waals surface area contributed by atoms with Crippen LogP contribution in [-0.2, 0) is 18.4 Å². The molecule has 0 amide bonds. The van der Waals surface area contributed by atoms with Gasteiger partial charge in [-0.3, -0.25) is 4.99 Å². The molecule has 1 fully saturated rings. The second-order valence-electron chi connectivity index (χ2n) is 7.66. The first kappa shape index (κ1) is 18.5. The topological polar surface area (TPSA) is 67.1 Å². The van der Waals surface area contributed by atoms with Gasteiger partial charge in [0.15, 0.2) is 5.96 Å². The van der Waals surface area contributed by atoms with Crippen LogP contribution in [0.4, 0.5) is 0 Å². The molecule has 0 bridgehead atoms. The lowest BCUT2D eigenvalue weighted by Crippen LogP contribution is -2.50. The summed E-state index contributed by atoms with van der Waals surface area (Å²) in [5, 5.41) is 11.5. The van der Waals surface area contributed by atoms with E-state index in [0.717, 1.165) is 42.2 Å². The van der Waals surface area contributed by atoms with E-state index in [9.17, 15) is 0 Å². The third kappa shape index (κ3) is 4.03. The summed E-state index contributed by atoms with van der Waals surface area (Å²) >= 11 is 3.63. The van der Waals surface area contributed by atoms with Crippen molar-refractivity contribution in [2.75, 3.05) is 13.6 Å². The molecule has 1 unspecified atom stereocenters. The predicted molar refractivity (Wildman–Crippen MR) is 111 cm³/mol. The molecule has 1 aromatic heterocycles. The molecule has 1 atom stereocenters. The fraction of sp³-hybridized carbons (Fsp3) is 0.550. The molecule has 1 aliphatic heterocycles. The van der Waals surface area contributed by atoms with Gasteiger partial charge in [-0.05, 0) is 37.0 Å². The molecule has 1 aromatic carbocycles. The van der Waals surface area contributed by atoms with Crippen LogP contribution in [0.25, 0.3) is 0 Å². The number of hydrogen-bond donors (Lipinski definition) is 2. The van der Waals surface area contributed by atoms with Crippen LogP contribution in [0.5, 0.6) is 0 Å². The molecule has 6 nitrogen and oxygen atoms in total. The Morgan fingerprint density at radius 3 is 3.00 bits per heavy atom. The zero-order valence-corrected chi connectivity index (χ0v) is 17.4. The minimum atomic E-state index is 0.188. The number of aromatic nitrogens is 3. The summed E-state index contributed by atoms with van der Waals surface area (Å²) in [6.45, 7) is 1.75. The minimum Gasteiger partial charge on any atom is -0.356 e. The zero-order chi connectivity index (χ0) is 18.7. The van der Waals surface area contributed by atoms with E-state index >= 15 is 0 Å². The van der Waals surface area contributed by atoms with Crippen molar-refractivity contribution in [3.05, 3.63) is 46.5 Å². The van der Waals surface area contributed by atoms with E-state index in [-0.39, 0.29) is 5.41 Å². The van der Waals surface area contributed by atoms with Gasteiger partial charge in [0.25, 0.3) is 0 Å². The highest BCUT2D eigenvalue weighted by Gasteiger charge is 2.36. The number of fused-ring (bicyclic) bond motifs is 1. The van der Waals surface area contributed by atoms with Crippen LogP contribution in [0.3, 0.4) is 0 Å². The quantitative estimate of drug-likeness (QED) is 0.577. The van der Waals surface area contributed by atoms with Gasteiger partial charge in [0.05, 0.1) is 6.54 Å². The molecule has 1 saturated carbocycles. The van der Waals surface area contributed by atoms with Gasteiger partial charge in [-0.2, -0.15) is 5.10 Å². The number of benzene rings is 1. The number of nitrogens with zero attached hydrogens (tertiary/aromatic N) is 4. The third-order valence-corrected chi connectivity index (χ3v) is 6.46. The molecule has 0 spiro atoms. The van der Waals surface area contributed by atoms with Gasteiger partial charge in [-0.1, -0.05) is 40.9 Å². The summed E-state index contributed by atoms with van der Waals surface area (Å²) in [5.41, 5.74) is 1.61. The highest BCUT2D eigenvalue weighted by Crippen LogP contribution is 2.41. The van der Waals surface area contributed by atoms with Crippen LogP contribution in [0, 0.1) is 0 Å². The summed E-state index contributed by atoms with van der Waals surface area (Å²) in [7, 11) is 1.85. The number of halogens is 1. The summed E-state index contributed by atoms with van der Waals surface area (Å²) in [4.78, 5) is 8.77. The Morgan fingerprint density at radius 1 is 1.37 bits per heavy atom. The number of aryl methyl sites for hydroxylation is 1. The molecular formula is C20H27BrN6. The Hall–Kier alpha value is -1.89. The molecule has 2 heterocycles. The van der Waals surface area contributed by atoms with Crippen LogP contribution in [-0.4, -0.2) is 40.4 Å². The molecule has 0 saturated heterocycles. The first-order valence-corrected chi connectivity index (χ1v) is 10.6. The summed E-state index contributed by atoms with van der Waals surface area (Å²) in [5.74, 6) is 1.96. The molecule has 144 valence electrons. The number of rotatable bonds is 4. The van der Waals surface area contributed by atoms with Gasteiger partial charge < -0.3 is 10.6 Å². The second kappa shape index (κ2) is 8.00. The largest absolute Gasteiger partial charge is 0.356 e. The molecule has 0 radical (unpaired) electrons. The lowest BCUT2D eigenvalue weighted by Gasteiger charge is -2.32. The minimum absolute atomic E-state index is 0.188. The average Bonchev–Trinajstić information content (AvgIpc) is 3.35. The predicted octanol–water partition coefficient (Wildman–Crippen LogP) is 3.03. The van der Waals surface area contributed by atoms with E-state index in [4.69, 9.17) is 0 Å². The lowest BCUT2D eigenvalue weighted by atomic mass is 9.79. The first-order chi connectivity index (χ1) is 13.2. The standard InChI is InChI=1S/C20H27BrN6/c1-22-19(26-17-7-8-18-24-14-25-27(18)12-17)23-13-20(9-2-3-10-20)15-5-4-6-16(21)11-15/h4-6,11,14,17H,2-3,7-10,12-13H2,1H3,(H2,22,23,26). The molecule has 2 aromatic rings.